The van der Waals surface area contributed by atoms with Crippen LogP contribution in [0.15, 0.2) is 0 Å². The second-order valence-corrected chi connectivity index (χ2v) is 5.71. The average molecular weight is 250 g/mol. The highest BCUT2D eigenvalue weighted by atomic mass is 79.9. The second kappa shape index (κ2) is 6.02. The largest absolute Gasteiger partial charge is 0.303 e. The summed E-state index contributed by atoms with van der Waals surface area (Å²) in [6.45, 7) is 10.4. The van der Waals surface area contributed by atoms with Gasteiger partial charge in [-0.3, -0.25) is 0 Å². The first-order valence-electron chi connectivity index (χ1n) is 5.15. The zero-order valence-electron chi connectivity index (χ0n) is 9.73. The summed E-state index contributed by atoms with van der Waals surface area (Å²) in [7, 11) is 2.23. The molecule has 0 aliphatic rings. The summed E-state index contributed by atoms with van der Waals surface area (Å²) in [6, 6.07) is 0.655. The monoisotopic (exact) mass is 249 g/mol. The van der Waals surface area contributed by atoms with Crippen molar-refractivity contribution in [2.45, 2.75) is 46.6 Å². The van der Waals surface area contributed by atoms with Crippen LogP contribution in [-0.2, 0) is 0 Å². The predicted molar refractivity (Wildman–Crippen MR) is 64.6 cm³/mol. The standard InChI is InChI=1S/C11H24BrN/c1-10(11(2,3)4)13(5)9-7-6-8-12/h10H,6-9H2,1-5H3. The Morgan fingerprint density at radius 2 is 1.77 bits per heavy atom. The predicted octanol–water partition coefficient (Wildman–Crippen LogP) is 3.53. The Morgan fingerprint density at radius 1 is 1.23 bits per heavy atom. The van der Waals surface area contributed by atoms with Crippen LogP contribution in [0.2, 0.25) is 0 Å². The molecule has 0 fully saturated rings. The van der Waals surface area contributed by atoms with Gasteiger partial charge in [0.05, 0.1) is 0 Å². The van der Waals surface area contributed by atoms with E-state index in [4.69, 9.17) is 0 Å². The van der Waals surface area contributed by atoms with Gasteiger partial charge in [0, 0.05) is 11.4 Å². The summed E-state index contributed by atoms with van der Waals surface area (Å²) in [6.07, 6.45) is 2.57. The molecule has 0 radical (unpaired) electrons. The maximum absolute atomic E-state index is 3.46. The molecule has 0 saturated heterocycles. The first-order valence-corrected chi connectivity index (χ1v) is 6.28. The molecule has 1 unspecified atom stereocenters. The molecule has 1 atom stereocenters. The van der Waals surface area contributed by atoms with E-state index >= 15 is 0 Å². The Hall–Kier alpha value is 0.440. The van der Waals surface area contributed by atoms with E-state index in [2.05, 4.69) is 55.6 Å². The SMILES string of the molecule is CC(N(C)CCCCBr)C(C)(C)C. The van der Waals surface area contributed by atoms with Crippen molar-refractivity contribution < 1.29 is 0 Å². The van der Waals surface area contributed by atoms with E-state index in [1.807, 2.05) is 0 Å². The Bertz CT molecular complexity index is 129. The lowest BCUT2D eigenvalue weighted by Crippen LogP contribution is -2.39. The molecular weight excluding hydrogens is 226 g/mol. The average Bonchev–Trinajstić information content (AvgIpc) is 2.01. The molecule has 0 spiro atoms. The number of hydrogen-bond donors (Lipinski definition) is 0. The van der Waals surface area contributed by atoms with Gasteiger partial charge in [-0.25, -0.2) is 0 Å². The molecule has 0 amide bonds. The molecule has 0 aliphatic heterocycles. The zero-order chi connectivity index (χ0) is 10.5. The highest BCUT2D eigenvalue weighted by molar-refractivity contribution is 9.09. The molecule has 13 heavy (non-hydrogen) atoms. The van der Waals surface area contributed by atoms with Gasteiger partial charge in [0.2, 0.25) is 0 Å². The van der Waals surface area contributed by atoms with E-state index in [0.717, 1.165) is 5.33 Å². The van der Waals surface area contributed by atoms with Crippen molar-refractivity contribution in [2.75, 3.05) is 18.9 Å². The van der Waals surface area contributed by atoms with Crippen molar-refractivity contribution in [3.8, 4) is 0 Å². The van der Waals surface area contributed by atoms with Gasteiger partial charge in [-0.05, 0) is 38.8 Å². The van der Waals surface area contributed by atoms with Crippen LogP contribution in [0.1, 0.15) is 40.5 Å². The number of halogens is 1. The Morgan fingerprint density at radius 3 is 2.15 bits per heavy atom. The van der Waals surface area contributed by atoms with Crippen molar-refractivity contribution in [1.29, 1.82) is 0 Å². The van der Waals surface area contributed by atoms with Crippen LogP contribution in [-0.4, -0.2) is 29.9 Å². The van der Waals surface area contributed by atoms with E-state index in [0.29, 0.717) is 11.5 Å². The van der Waals surface area contributed by atoms with E-state index in [1.54, 1.807) is 0 Å². The fourth-order valence-electron chi connectivity index (χ4n) is 1.31. The molecule has 0 aromatic carbocycles. The number of rotatable bonds is 5. The fraction of sp³-hybridized carbons (Fsp3) is 1.00. The summed E-state index contributed by atoms with van der Waals surface area (Å²) < 4.78 is 0. The van der Waals surface area contributed by atoms with Crippen molar-refractivity contribution in [2.24, 2.45) is 5.41 Å². The minimum Gasteiger partial charge on any atom is -0.303 e. The van der Waals surface area contributed by atoms with Crippen molar-refractivity contribution in [1.82, 2.24) is 4.90 Å². The third kappa shape index (κ3) is 5.69. The third-order valence-corrected chi connectivity index (χ3v) is 3.37. The first kappa shape index (κ1) is 13.4. The molecule has 2 heteroatoms. The third-order valence-electron chi connectivity index (χ3n) is 2.81. The van der Waals surface area contributed by atoms with Crippen LogP contribution in [0.5, 0.6) is 0 Å². The molecule has 0 heterocycles. The molecule has 0 bridgehead atoms. The van der Waals surface area contributed by atoms with Crippen molar-refractivity contribution in [3.63, 3.8) is 0 Å². The highest BCUT2D eigenvalue weighted by Gasteiger charge is 2.22. The number of alkyl halides is 1. The molecule has 80 valence electrons. The number of nitrogens with zero attached hydrogens (tertiary/aromatic N) is 1. The molecular formula is C11H24BrN. The van der Waals surface area contributed by atoms with Gasteiger partial charge in [0.15, 0.2) is 0 Å². The fourth-order valence-corrected chi connectivity index (χ4v) is 1.71. The van der Waals surface area contributed by atoms with Gasteiger partial charge < -0.3 is 4.90 Å². The zero-order valence-corrected chi connectivity index (χ0v) is 11.3. The molecule has 0 aromatic heterocycles. The van der Waals surface area contributed by atoms with E-state index in [9.17, 15) is 0 Å². The van der Waals surface area contributed by atoms with Gasteiger partial charge in [0.1, 0.15) is 0 Å². The van der Waals surface area contributed by atoms with Crippen LogP contribution < -0.4 is 0 Å². The molecule has 1 nitrogen and oxygen atoms in total. The van der Waals surface area contributed by atoms with Crippen LogP contribution >= 0.6 is 15.9 Å². The quantitative estimate of drug-likeness (QED) is 0.533. The molecule has 0 rings (SSSR count). The van der Waals surface area contributed by atoms with Gasteiger partial charge in [-0.15, -0.1) is 0 Å². The Kier molecular flexibility index (Phi) is 6.23. The van der Waals surface area contributed by atoms with Crippen molar-refractivity contribution in [3.05, 3.63) is 0 Å². The van der Waals surface area contributed by atoms with Gasteiger partial charge in [-0.1, -0.05) is 36.7 Å². The molecule has 0 saturated carbocycles. The van der Waals surface area contributed by atoms with Crippen LogP contribution in [0.4, 0.5) is 0 Å². The van der Waals surface area contributed by atoms with Gasteiger partial charge in [-0.2, -0.15) is 0 Å². The molecule has 0 N–H and O–H groups in total. The molecule has 0 aromatic rings. The lowest BCUT2D eigenvalue weighted by atomic mass is 9.87. The van der Waals surface area contributed by atoms with Crippen LogP contribution in [0.3, 0.4) is 0 Å². The Balaban J connectivity index is 3.76. The van der Waals surface area contributed by atoms with E-state index in [1.165, 1.54) is 19.4 Å². The number of unbranched alkanes of at least 4 members (excludes halogenated alkanes) is 1. The van der Waals surface area contributed by atoms with E-state index < -0.39 is 0 Å². The minimum atomic E-state index is 0.392. The minimum absolute atomic E-state index is 0.392. The van der Waals surface area contributed by atoms with Gasteiger partial charge >= 0.3 is 0 Å². The summed E-state index contributed by atoms with van der Waals surface area (Å²) in [4.78, 5) is 2.46. The van der Waals surface area contributed by atoms with Crippen LogP contribution in [0, 0.1) is 5.41 Å². The summed E-state index contributed by atoms with van der Waals surface area (Å²) in [5.74, 6) is 0. The maximum atomic E-state index is 3.46. The van der Waals surface area contributed by atoms with E-state index in [-0.39, 0.29) is 0 Å². The second-order valence-electron chi connectivity index (χ2n) is 4.92. The van der Waals surface area contributed by atoms with Gasteiger partial charge in [0.25, 0.3) is 0 Å². The topological polar surface area (TPSA) is 3.24 Å². The first-order chi connectivity index (χ1) is 5.89. The molecule has 0 aliphatic carbocycles. The van der Waals surface area contributed by atoms with Crippen LogP contribution in [0.25, 0.3) is 0 Å². The Labute approximate surface area is 92.0 Å². The normalized spacial score (nSPS) is 15.0. The number of hydrogen-bond acceptors (Lipinski definition) is 1. The smallest absolute Gasteiger partial charge is 0.0112 e. The summed E-state index contributed by atoms with van der Waals surface area (Å²) in [5, 5.41) is 1.13. The summed E-state index contributed by atoms with van der Waals surface area (Å²) in [5.41, 5.74) is 0.392. The lowest BCUT2D eigenvalue weighted by Gasteiger charge is -2.35. The highest BCUT2D eigenvalue weighted by Crippen LogP contribution is 2.22. The maximum Gasteiger partial charge on any atom is 0.0112 e. The van der Waals surface area contributed by atoms with Crippen molar-refractivity contribution >= 4 is 15.9 Å². The summed E-state index contributed by atoms with van der Waals surface area (Å²) >= 11 is 3.46. The lowest BCUT2D eigenvalue weighted by molar-refractivity contribution is 0.140.